The van der Waals surface area contributed by atoms with Crippen LogP contribution in [0.15, 0.2) is 0 Å². The predicted molar refractivity (Wildman–Crippen MR) is 89.7 cm³/mol. The van der Waals surface area contributed by atoms with Gasteiger partial charge in [-0.05, 0) is 45.1 Å². The van der Waals surface area contributed by atoms with E-state index in [4.69, 9.17) is 0 Å². The van der Waals surface area contributed by atoms with Gasteiger partial charge in [-0.3, -0.25) is 4.79 Å². The number of hydrogen-bond donors (Lipinski definition) is 1. The maximum atomic E-state index is 13.0. The molecule has 0 saturated carbocycles. The van der Waals surface area contributed by atoms with Crippen LogP contribution < -0.4 is 0 Å². The smallest absolute Gasteiger partial charge is 0.227 e. The van der Waals surface area contributed by atoms with Gasteiger partial charge < -0.3 is 14.9 Å². The first-order valence-electron chi connectivity index (χ1n) is 9.18. The summed E-state index contributed by atoms with van der Waals surface area (Å²) < 4.78 is 0. The molecule has 1 amide bonds. The van der Waals surface area contributed by atoms with Gasteiger partial charge in [0.25, 0.3) is 0 Å². The second-order valence-electron chi connectivity index (χ2n) is 7.76. The summed E-state index contributed by atoms with van der Waals surface area (Å²) in [7, 11) is 0. The molecule has 3 atom stereocenters. The number of aliphatic hydroxyl groups is 1. The molecule has 0 unspecified atom stereocenters. The highest BCUT2D eigenvalue weighted by molar-refractivity contribution is 5.79. The highest BCUT2D eigenvalue weighted by atomic mass is 16.3. The molecule has 0 aliphatic carbocycles. The molecule has 0 aromatic rings. The van der Waals surface area contributed by atoms with Crippen molar-refractivity contribution >= 4 is 5.91 Å². The standard InChI is InChI=1S/C18H34N2O2/c1-14(2)12-19-10-8-16(13-19)18(22)20-9-6-4-5-7-17(20)11-15(3)21/h14-17,21H,4-13H2,1-3H3/t15-,16+,17+/m1/s1. The van der Waals surface area contributed by atoms with Crippen LogP contribution in [0.25, 0.3) is 0 Å². The Bertz CT molecular complexity index is 357. The van der Waals surface area contributed by atoms with Crippen molar-refractivity contribution < 1.29 is 9.90 Å². The Morgan fingerprint density at radius 2 is 1.91 bits per heavy atom. The Balaban J connectivity index is 1.96. The monoisotopic (exact) mass is 310 g/mol. The average molecular weight is 310 g/mol. The van der Waals surface area contributed by atoms with E-state index in [1.54, 1.807) is 0 Å². The maximum absolute atomic E-state index is 13.0. The molecule has 22 heavy (non-hydrogen) atoms. The van der Waals surface area contributed by atoms with Crippen LogP contribution in [0.1, 0.15) is 59.3 Å². The minimum absolute atomic E-state index is 0.174. The summed E-state index contributed by atoms with van der Waals surface area (Å²) in [5, 5.41) is 9.76. The molecule has 0 aromatic carbocycles. The summed E-state index contributed by atoms with van der Waals surface area (Å²) in [6.07, 6.45) is 5.98. The maximum Gasteiger partial charge on any atom is 0.227 e. The van der Waals surface area contributed by atoms with Crippen LogP contribution in [0, 0.1) is 11.8 Å². The van der Waals surface area contributed by atoms with E-state index >= 15 is 0 Å². The third-order valence-corrected chi connectivity index (χ3v) is 5.02. The first kappa shape index (κ1) is 17.7. The minimum atomic E-state index is -0.320. The first-order chi connectivity index (χ1) is 10.5. The number of likely N-dealkylation sites (tertiary alicyclic amines) is 2. The van der Waals surface area contributed by atoms with Crippen LogP contribution in [-0.2, 0) is 4.79 Å². The Hall–Kier alpha value is -0.610. The summed E-state index contributed by atoms with van der Waals surface area (Å²) in [6, 6.07) is 0.245. The zero-order valence-corrected chi connectivity index (χ0v) is 14.6. The van der Waals surface area contributed by atoms with Gasteiger partial charge in [-0.15, -0.1) is 0 Å². The lowest BCUT2D eigenvalue weighted by Gasteiger charge is -2.33. The molecule has 4 nitrogen and oxygen atoms in total. The lowest BCUT2D eigenvalue weighted by atomic mass is 10.0. The zero-order valence-electron chi connectivity index (χ0n) is 14.6. The Labute approximate surface area is 135 Å². The molecule has 2 heterocycles. The second kappa shape index (κ2) is 8.30. The molecule has 1 N–H and O–H groups in total. The van der Waals surface area contributed by atoms with Crippen molar-refractivity contribution in [2.45, 2.75) is 71.4 Å². The number of carbonyl (C=O) groups excluding carboxylic acids is 1. The minimum Gasteiger partial charge on any atom is -0.393 e. The summed E-state index contributed by atoms with van der Waals surface area (Å²) in [5.74, 6) is 1.18. The van der Waals surface area contributed by atoms with Crippen molar-refractivity contribution in [3.63, 3.8) is 0 Å². The van der Waals surface area contributed by atoms with E-state index < -0.39 is 0 Å². The summed E-state index contributed by atoms with van der Waals surface area (Å²) in [4.78, 5) is 17.5. The Morgan fingerprint density at radius 1 is 1.14 bits per heavy atom. The van der Waals surface area contributed by atoms with Crippen molar-refractivity contribution in [2.75, 3.05) is 26.2 Å². The largest absolute Gasteiger partial charge is 0.393 e. The van der Waals surface area contributed by atoms with Crippen LogP contribution >= 0.6 is 0 Å². The van der Waals surface area contributed by atoms with Gasteiger partial charge >= 0.3 is 0 Å². The first-order valence-corrected chi connectivity index (χ1v) is 9.18. The number of aliphatic hydroxyl groups excluding tert-OH is 1. The SMILES string of the molecule is CC(C)CN1CC[C@H](C(=O)N2CCCCC[C@H]2C[C@@H](C)O)C1. The molecule has 2 aliphatic rings. The fourth-order valence-corrected chi connectivity index (χ4v) is 4.06. The average Bonchev–Trinajstić information content (AvgIpc) is 2.76. The molecular weight excluding hydrogens is 276 g/mol. The molecule has 2 saturated heterocycles. The molecule has 0 radical (unpaired) electrons. The molecule has 2 fully saturated rings. The van der Waals surface area contributed by atoms with Crippen molar-refractivity contribution in [2.24, 2.45) is 11.8 Å². The molecule has 4 heteroatoms. The van der Waals surface area contributed by atoms with Crippen molar-refractivity contribution in [3.05, 3.63) is 0 Å². The molecular formula is C18H34N2O2. The topological polar surface area (TPSA) is 43.8 Å². The van der Waals surface area contributed by atoms with Crippen molar-refractivity contribution in [1.29, 1.82) is 0 Å². The molecule has 0 spiro atoms. The van der Waals surface area contributed by atoms with Crippen LogP contribution in [-0.4, -0.2) is 59.1 Å². The third-order valence-electron chi connectivity index (χ3n) is 5.02. The molecule has 0 aromatic heterocycles. The molecule has 2 rings (SSSR count). The quantitative estimate of drug-likeness (QED) is 0.848. The Kier molecular flexibility index (Phi) is 6.69. The number of amides is 1. The normalized spacial score (nSPS) is 28.9. The molecule has 0 bridgehead atoms. The lowest BCUT2D eigenvalue weighted by Crippen LogP contribution is -2.45. The van der Waals surface area contributed by atoms with Crippen LogP contribution in [0.4, 0.5) is 0 Å². The van der Waals surface area contributed by atoms with Gasteiger partial charge in [0.15, 0.2) is 0 Å². The van der Waals surface area contributed by atoms with Gasteiger partial charge in [-0.25, -0.2) is 0 Å². The van der Waals surface area contributed by atoms with E-state index in [1.165, 1.54) is 12.8 Å². The molecule has 128 valence electrons. The predicted octanol–water partition coefficient (Wildman–Crippen LogP) is 2.51. The van der Waals surface area contributed by atoms with Gasteiger partial charge in [0.05, 0.1) is 12.0 Å². The zero-order chi connectivity index (χ0) is 16.1. The van der Waals surface area contributed by atoms with E-state index in [0.29, 0.717) is 11.8 Å². The third kappa shape index (κ3) is 4.95. The van der Waals surface area contributed by atoms with E-state index in [-0.39, 0.29) is 18.1 Å². The van der Waals surface area contributed by atoms with Gasteiger partial charge in [0, 0.05) is 25.7 Å². The fraction of sp³-hybridized carbons (Fsp3) is 0.944. The van der Waals surface area contributed by atoms with E-state index in [0.717, 1.165) is 51.9 Å². The highest BCUT2D eigenvalue weighted by Crippen LogP contribution is 2.26. The lowest BCUT2D eigenvalue weighted by molar-refractivity contribution is -0.138. The fourth-order valence-electron chi connectivity index (χ4n) is 4.06. The van der Waals surface area contributed by atoms with Crippen molar-refractivity contribution in [1.82, 2.24) is 9.80 Å². The highest BCUT2D eigenvalue weighted by Gasteiger charge is 2.35. The number of hydrogen-bond acceptors (Lipinski definition) is 3. The van der Waals surface area contributed by atoms with Crippen molar-refractivity contribution in [3.8, 4) is 0 Å². The van der Waals surface area contributed by atoms with E-state index in [1.807, 2.05) is 6.92 Å². The van der Waals surface area contributed by atoms with Gasteiger partial charge in [0.1, 0.15) is 0 Å². The molecule has 2 aliphatic heterocycles. The van der Waals surface area contributed by atoms with Crippen LogP contribution in [0.3, 0.4) is 0 Å². The van der Waals surface area contributed by atoms with Crippen LogP contribution in [0.2, 0.25) is 0 Å². The van der Waals surface area contributed by atoms with E-state index in [9.17, 15) is 9.90 Å². The summed E-state index contributed by atoms with van der Waals surface area (Å²) >= 11 is 0. The van der Waals surface area contributed by atoms with Gasteiger partial charge in [-0.1, -0.05) is 26.7 Å². The second-order valence-corrected chi connectivity index (χ2v) is 7.76. The summed E-state index contributed by atoms with van der Waals surface area (Å²) in [5.41, 5.74) is 0. The number of carbonyl (C=O) groups is 1. The number of nitrogens with zero attached hydrogens (tertiary/aromatic N) is 2. The van der Waals surface area contributed by atoms with Gasteiger partial charge in [0.2, 0.25) is 5.91 Å². The number of rotatable bonds is 5. The summed E-state index contributed by atoms with van der Waals surface area (Å²) in [6.45, 7) is 10.3. The Morgan fingerprint density at radius 3 is 2.59 bits per heavy atom. The van der Waals surface area contributed by atoms with Gasteiger partial charge in [-0.2, -0.15) is 0 Å². The van der Waals surface area contributed by atoms with E-state index in [2.05, 4.69) is 23.6 Å². The van der Waals surface area contributed by atoms with Crippen LogP contribution in [0.5, 0.6) is 0 Å².